The largest absolute Gasteiger partial charge is 0.445 e. The molecule has 0 unspecified atom stereocenters. The van der Waals surface area contributed by atoms with E-state index in [4.69, 9.17) is 8.83 Å². The van der Waals surface area contributed by atoms with Crippen molar-refractivity contribution in [3.05, 3.63) is 64.8 Å². The molecule has 0 spiro atoms. The molecule has 0 aliphatic carbocycles. The second-order valence-electron chi connectivity index (χ2n) is 6.46. The topological polar surface area (TPSA) is 85.3 Å². The summed E-state index contributed by atoms with van der Waals surface area (Å²) in [4.78, 5) is 27.3. The molecule has 0 radical (unpaired) electrons. The molecule has 4 heterocycles. The van der Waals surface area contributed by atoms with Crippen molar-refractivity contribution >= 4 is 5.91 Å². The first-order valence-corrected chi connectivity index (χ1v) is 8.70. The lowest BCUT2D eigenvalue weighted by molar-refractivity contribution is 0.0693. The van der Waals surface area contributed by atoms with Crippen LogP contribution in [0.3, 0.4) is 0 Å². The summed E-state index contributed by atoms with van der Waals surface area (Å²) >= 11 is 0. The molecule has 1 amide bonds. The Bertz CT molecular complexity index is 930. The van der Waals surface area contributed by atoms with Crippen molar-refractivity contribution < 1.29 is 13.6 Å². The molecule has 0 saturated heterocycles. The van der Waals surface area contributed by atoms with Gasteiger partial charge in [-0.15, -0.1) is 0 Å². The first kappa shape index (κ1) is 16.5. The van der Waals surface area contributed by atoms with Crippen molar-refractivity contribution in [1.29, 1.82) is 0 Å². The van der Waals surface area contributed by atoms with E-state index < -0.39 is 0 Å². The molecule has 0 bridgehead atoms. The summed E-state index contributed by atoms with van der Waals surface area (Å²) in [5, 5.41) is 0. The Morgan fingerprint density at radius 3 is 2.85 bits per heavy atom. The number of fused-ring (bicyclic) bond motifs is 1. The lowest BCUT2D eigenvalue weighted by Gasteiger charge is -2.24. The molecule has 26 heavy (non-hydrogen) atoms. The number of hydrogen-bond donors (Lipinski definition) is 0. The standard InChI is InChI=1S/C19H20N4O3/c1-12-18(25-13(2)21-12)19(24)23-9-7-16-15(11-23)22-17(26-16)6-5-14-4-3-8-20-10-14/h3-4,8,10H,5-7,9,11H2,1-2H3. The van der Waals surface area contributed by atoms with Crippen LogP contribution in [0.5, 0.6) is 0 Å². The van der Waals surface area contributed by atoms with E-state index in [1.807, 2.05) is 18.3 Å². The number of oxazole rings is 2. The van der Waals surface area contributed by atoms with Crippen molar-refractivity contribution in [2.45, 2.75) is 39.7 Å². The zero-order valence-electron chi connectivity index (χ0n) is 14.9. The van der Waals surface area contributed by atoms with E-state index in [0.717, 1.165) is 23.4 Å². The van der Waals surface area contributed by atoms with E-state index in [-0.39, 0.29) is 5.91 Å². The first-order valence-electron chi connectivity index (χ1n) is 8.70. The van der Waals surface area contributed by atoms with Gasteiger partial charge in [0.25, 0.3) is 5.91 Å². The lowest BCUT2D eigenvalue weighted by Crippen LogP contribution is -2.36. The Morgan fingerprint density at radius 2 is 2.12 bits per heavy atom. The molecule has 7 heteroatoms. The SMILES string of the molecule is Cc1nc(C)c(C(=O)N2CCc3oc(CCc4cccnc4)nc3C2)o1. The number of carbonyl (C=O) groups is 1. The smallest absolute Gasteiger partial charge is 0.291 e. The quantitative estimate of drug-likeness (QED) is 0.718. The molecule has 1 aliphatic heterocycles. The van der Waals surface area contributed by atoms with E-state index in [1.165, 1.54) is 0 Å². The van der Waals surface area contributed by atoms with Gasteiger partial charge in [-0.05, 0) is 25.0 Å². The average Bonchev–Trinajstić information content (AvgIpc) is 3.21. The average molecular weight is 352 g/mol. The van der Waals surface area contributed by atoms with Crippen LogP contribution in [0.15, 0.2) is 33.4 Å². The van der Waals surface area contributed by atoms with Gasteiger partial charge in [-0.3, -0.25) is 9.78 Å². The monoisotopic (exact) mass is 352 g/mol. The van der Waals surface area contributed by atoms with Gasteiger partial charge in [-0.2, -0.15) is 0 Å². The van der Waals surface area contributed by atoms with Crippen LogP contribution in [0, 0.1) is 13.8 Å². The number of aryl methyl sites for hydroxylation is 4. The number of pyridine rings is 1. The molecule has 0 fully saturated rings. The molecule has 4 rings (SSSR count). The number of carbonyl (C=O) groups excluding carboxylic acids is 1. The zero-order valence-corrected chi connectivity index (χ0v) is 14.9. The van der Waals surface area contributed by atoms with Crippen molar-refractivity contribution in [1.82, 2.24) is 19.9 Å². The van der Waals surface area contributed by atoms with Gasteiger partial charge in [0, 0.05) is 38.7 Å². The second-order valence-corrected chi connectivity index (χ2v) is 6.46. The van der Waals surface area contributed by atoms with Crippen molar-refractivity contribution in [3.8, 4) is 0 Å². The summed E-state index contributed by atoms with van der Waals surface area (Å²) in [6.07, 6.45) is 5.81. The Hall–Kier alpha value is -2.96. The predicted octanol–water partition coefficient (Wildman–Crippen LogP) is 2.66. The fourth-order valence-electron chi connectivity index (χ4n) is 3.20. The molecule has 0 N–H and O–H groups in total. The van der Waals surface area contributed by atoms with Crippen molar-refractivity contribution in [2.75, 3.05) is 6.54 Å². The van der Waals surface area contributed by atoms with Gasteiger partial charge in [-0.1, -0.05) is 6.07 Å². The highest BCUT2D eigenvalue weighted by molar-refractivity contribution is 5.92. The summed E-state index contributed by atoms with van der Waals surface area (Å²) < 4.78 is 11.3. The van der Waals surface area contributed by atoms with Gasteiger partial charge >= 0.3 is 0 Å². The highest BCUT2D eigenvalue weighted by Crippen LogP contribution is 2.23. The molecule has 134 valence electrons. The van der Waals surface area contributed by atoms with Crippen LogP contribution in [-0.2, 0) is 25.8 Å². The molecule has 1 aliphatic rings. The summed E-state index contributed by atoms with van der Waals surface area (Å²) in [5.74, 6) is 2.25. The molecular weight excluding hydrogens is 332 g/mol. The minimum Gasteiger partial charge on any atom is -0.445 e. The van der Waals surface area contributed by atoms with Gasteiger partial charge in [0.05, 0.1) is 12.2 Å². The summed E-state index contributed by atoms with van der Waals surface area (Å²) in [5.41, 5.74) is 2.60. The van der Waals surface area contributed by atoms with Gasteiger partial charge in [0.15, 0.2) is 11.8 Å². The third-order valence-electron chi connectivity index (χ3n) is 4.51. The van der Waals surface area contributed by atoms with Gasteiger partial charge in [-0.25, -0.2) is 9.97 Å². The maximum absolute atomic E-state index is 12.7. The number of aromatic nitrogens is 3. The zero-order chi connectivity index (χ0) is 18.1. The fourth-order valence-corrected chi connectivity index (χ4v) is 3.20. The molecule has 3 aromatic heterocycles. The third kappa shape index (κ3) is 3.24. The molecule has 3 aromatic rings. The molecule has 0 saturated carbocycles. The van der Waals surface area contributed by atoms with Crippen molar-refractivity contribution in [3.63, 3.8) is 0 Å². The first-order chi connectivity index (χ1) is 12.6. The van der Waals surface area contributed by atoms with Crippen molar-refractivity contribution in [2.24, 2.45) is 0 Å². The minimum absolute atomic E-state index is 0.145. The van der Waals surface area contributed by atoms with Crippen LogP contribution in [0.2, 0.25) is 0 Å². The maximum Gasteiger partial charge on any atom is 0.291 e. The van der Waals surface area contributed by atoms with Crippen LogP contribution in [0.4, 0.5) is 0 Å². The van der Waals surface area contributed by atoms with Crippen LogP contribution < -0.4 is 0 Å². The number of hydrogen-bond acceptors (Lipinski definition) is 6. The van der Waals surface area contributed by atoms with Crippen LogP contribution in [0.25, 0.3) is 0 Å². The number of rotatable bonds is 4. The summed E-state index contributed by atoms with van der Waals surface area (Å²) in [7, 11) is 0. The fraction of sp³-hybridized carbons (Fsp3) is 0.368. The normalized spacial score (nSPS) is 13.7. The Labute approximate surface area is 151 Å². The Morgan fingerprint density at radius 1 is 1.23 bits per heavy atom. The van der Waals surface area contributed by atoms with E-state index in [2.05, 4.69) is 15.0 Å². The summed E-state index contributed by atoms with van der Waals surface area (Å²) in [6, 6.07) is 3.96. The lowest BCUT2D eigenvalue weighted by atomic mass is 10.1. The Kier molecular flexibility index (Phi) is 4.28. The highest BCUT2D eigenvalue weighted by Gasteiger charge is 2.29. The van der Waals surface area contributed by atoms with Crippen LogP contribution in [0.1, 0.15) is 45.0 Å². The number of nitrogens with zero attached hydrogens (tertiary/aromatic N) is 4. The second kappa shape index (κ2) is 6.74. The molecular formula is C19H20N4O3. The van der Waals surface area contributed by atoms with Crippen LogP contribution >= 0.6 is 0 Å². The number of amides is 1. The van der Waals surface area contributed by atoms with Crippen LogP contribution in [-0.4, -0.2) is 32.3 Å². The molecule has 7 nitrogen and oxygen atoms in total. The third-order valence-corrected chi connectivity index (χ3v) is 4.51. The highest BCUT2D eigenvalue weighted by atomic mass is 16.4. The van der Waals surface area contributed by atoms with Gasteiger partial charge in [0.2, 0.25) is 5.76 Å². The minimum atomic E-state index is -0.145. The van der Waals surface area contributed by atoms with Gasteiger partial charge < -0.3 is 13.7 Å². The molecule has 0 atom stereocenters. The van der Waals surface area contributed by atoms with E-state index in [9.17, 15) is 4.79 Å². The van der Waals surface area contributed by atoms with E-state index >= 15 is 0 Å². The van der Waals surface area contributed by atoms with Gasteiger partial charge in [0.1, 0.15) is 11.5 Å². The summed E-state index contributed by atoms with van der Waals surface area (Å²) in [6.45, 7) is 4.54. The maximum atomic E-state index is 12.7. The Balaban J connectivity index is 1.45. The predicted molar refractivity (Wildman–Crippen MR) is 92.6 cm³/mol. The van der Waals surface area contributed by atoms with E-state index in [0.29, 0.717) is 49.2 Å². The van der Waals surface area contributed by atoms with E-state index in [1.54, 1.807) is 24.9 Å². The molecule has 0 aromatic carbocycles.